The first-order valence-corrected chi connectivity index (χ1v) is 7.40. The molecule has 0 bridgehead atoms. The van der Waals surface area contributed by atoms with Crippen molar-refractivity contribution in [1.29, 1.82) is 0 Å². The smallest absolute Gasteiger partial charge is 0.229 e. The highest BCUT2D eigenvalue weighted by atomic mass is 32.1. The maximum absolute atomic E-state index is 12.3. The van der Waals surface area contributed by atoms with E-state index in [9.17, 15) is 4.79 Å². The number of nitrogens with two attached hydrogens (primary N) is 1. The lowest BCUT2D eigenvalue weighted by molar-refractivity contribution is -0.136. The lowest BCUT2D eigenvalue weighted by Crippen LogP contribution is -2.52. The van der Waals surface area contributed by atoms with E-state index in [0.29, 0.717) is 13.2 Å². The Kier molecular flexibility index (Phi) is 3.67. The molecule has 2 fully saturated rings. The Labute approximate surface area is 116 Å². The second-order valence-corrected chi connectivity index (χ2v) is 5.81. The predicted octanol–water partition coefficient (Wildman–Crippen LogP) is -0.235. The van der Waals surface area contributed by atoms with Gasteiger partial charge < -0.3 is 20.3 Å². The van der Waals surface area contributed by atoms with Crippen LogP contribution in [0, 0.1) is 5.92 Å². The summed E-state index contributed by atoms with van der Waals surface area (Å²) in [5.74, 6) is -0.0183. The maximum Gasteiger partial charge on any atom is 0.229 e. The lowest BCUT2D eigenvalue weighted by atomic mass is 10.0. The van der Waals surface area contributed by atoms with Gasteiger partial charge in [-0.1, -0.05) is 0 Å². The number of hydrogen-bond donors (Lipinski definition) is 1. The van der Waals surface area contributed by atoms with Crippen LogP contribution in [0.5, 0.6) is 0 Å². The van der Waals surface area contributed by atoms with Gasteiger partial charge in [0.2, 0.25) is 5.91 Å². The third-order valence-corrected chi connectivity index (χ3v) is 4.56. The summed E-state index contributed by atoms with van der Waals surface area (Å²) >= 11 is 1.64. The van der Waals surface area contributed by atoms with Gasteiger partial charge in [0.25, 0.3) is 0 Å². The van der Waals surface area contributed by atoms with Crippen LogP contribution < -0.4 is 10.6 Å². The van der Waals surface area contributed by atoms with Crippen LogP contribution in [0.2, 0.25) is 0 Å². The number of ether oxygens (including phenoxy) is 1. The molecular formula is C12H18N4O2S. The van der Waals surface area contributed by atoms with Crippen molar-refractivity contribution < 1.29 is 9.53 Å². The van der Waals surface area contributed by atoms with Gasteiger partial charge in [-0.25, -0.2) is 4.98 Å². The van der Waals surface area contributed by atoms with Crippen LogP contribution in [0.25, 0.3) is 0 Å². The van der Waals surface area contributed by atoms with Crippen LogP contribution >= 0.6 is 11.3 Å². The Morgan fingerprint density at radius 3 is 2.74 bits per heavy atom. The molecule has 2 atom stereocenters. The quantitative estimate of drug-likeness (QED) is 0.811. The van der Waals surface area contributed by atoms with Gasteiger partial charge in [-0.15, -0.1) is 11.3 Å². The molecule has 1 aromatic rings. The normalized spacial score (nSPS) is 27.8. The van der Waals surface area contributed by atoms with Crippen LogP contribution in [0.3, 0.4) is 0 Å². The molecule has 0 aliphatic carbocycles. The number of carbonyl (C=O) groups is 1. The molecular weight excluding hydrogens is 264 g/mol. The van der Waals surface area contributed by atoms with Crippen molar-refractivity contribution in [2.75, 3.05) is 44.3 Å². The summed E-state index contributed by atoms with van der Waals surface area (Å²) < 4.78 is 5.27. The average Bonchev–Trinajstić information content (AvgIpc) is 3.09. The Hall–Kier alpha value is -1.18. The summed E-state index contributed by atoms with van der Waals surface area (Å²) in [6.45, 7) is 4.11. The van der Waals surface area contributed by atoms with Crippen LogP contribution in [0.1, 0.15) is 0 Å². The molecule has 0 spiro atoms. The number of anilines is 1. The summed E-state index contributed by atoms with van der Waals surface area (Å²) in [7, 11) is 0. The maximum atomic E-state index is 12.3. The Balaban J connectivity index is 1.56. The zero-order valence-electron chi connectivity index (χ0n) is 10.7. The van der Waals surface area contributed by atoms with Crippen LogP contribution in [-0.2, 0) is 9.53 Å². The molecule has 3 heterocycles. The van der Waals surface area contributed by atoms with Crippen LogP contribution in [-0.4, -0.2) is 61.2 Å². The minimum Gasteiger partial charge on any atom is -0.379 e. The molecule has 7 heteroatoms. The molecule has 2 aliphatic heterocycles. The van der Waals surface area contributed by atoms with Gasteiger partial charge in [0.1, 0.15) is 0 Å². The van der Waals surface area contributed by atoms with Crippen molar-refractivity contribution in [2.45, 2.75) is 6.04 Å². The largest absolute Gasteiger partial charge is 0.379 e. The van der Waals surface area contributed by atoms with E-state index in [1.165, 1.54) is 0 Å². The summed E-state index contributed by atoms with van der Waals surface area (Å²) in [5, 5.41) is 3.01. The Morgan fingerprint density at radius 2 is 2.16 bits per heavy atom. The van der Waals surface area contributed by atoms with E-state index in [-0.39, 0.29) is 17.9 Å². The van der Waals surface area contributed by atoms with E-state index in [2.05, 4.69) is 9.88 Å². The molecule has 0 radical (unpaired) electrons. The predicted molar refractivity (Wildman–Crippen MR) is 73.2 cm³/mol. The molecule has 3 rings (SSSR count). The molecule has 2 unspecified atom stereocenters. The summed E-state index contributed by atoms with van der Waals surface area (Å²) in [4.78, 5) is 20.8. The highest BCUT2D eigenvalue weighted by molar-refractivity contribution is 7.13. The van der Waals surface area contributed by atoms with E-state index >= 15 is 0 Å². The first-order valence-electron chi connectivity index (χ1n) is 6.52. The topological polar surface area (TPSA) is 71.7 Å². The fraction of sp³-hybridized carbons (Fsp3) is 0.667. The fourth-order valence-electron chi connectivity index (χ4n) is 2.55. The molecule has 2 aliphatic rings. The number of nitrogens with zero attached hydrogens (tertiary/aromatic N) is 3. The number of amides is 1. The van der Waals surface area contributed by atoms with E-state index in [1.54, 1.807) is 11.3 Å². The average molecular weight is 282 g/mol. The van der Waals surface area contributed by atoms with Gasteiger partial charge in [0.15, 0.2) is 5.13 Å². The Morgan fingerprint density at radius 1 is 1.37 bits per heavy atom. The first-order chi connectivity index (χ1) is 9.25. The number of carbonyl (C=O) groups excluding carboxylic acids is 1. The van der Waals surface area contributed by atoms with Gasteiger partial charge in [-0.3, -0.25) is 4.79 Å². The second kappa shape index (κ2) is 5.44. The number of thiazole rings is 1. The molecule has 104 valence electrons. The minimum atomic E-state index is -0.161. The summed E-state index contributed by atoms with van der Waals surface area (Å²) in [5.41, 5.74) is 5.90. The van der Waals surface area contributed by atoms with Crippen molar-refractivity contribution in [3.05, 3.63) is 11.6 Å². The van der Waals surface area contributed by atoms with Crippen molar-refractivity contribution in [3.63, 3.8) is 0 Å². The van der Waals surface area contributed by atoms with E-state index in [0.717, 1.165) is 31.3 Å². The molecule has 0 saturated carbocycles. The van der Waals surface area contributed by atoms with Crippen molar-refractivity contribution in [1.82, 2.24) is 9.88 Å². The fourth-order valence-corrected chi connectivity index (χ4v) is 3.25. The molecule has 2 saturated heterocycles. The molecule has 0 aromatic carbocycles. The third-order valence-electron chi connectivity index (χ3n) is 3.72. The van der Waals surface area contributed by atoms with Crippen LogP contribution in [0.4, 0.5) is 5.13 Å². The number of hydrogen-bond acceptors (Lipinski definition) is 6. The lowest BCUT2D eigenvalue weighted by Gasteiger charge is -2.36. The van der Waals surface area contributed by atoms with Gasteiger partial charge in [0, 0.05) is 43.8 Å². The minimum absolute atomic E-state index is 0.142. The number of rotatable bonds is 2. The van der Waals surface area contributed by atoms with E-state index in [4.69, 9.17) is 10.5 Å². The van der Waals surface area contributed by atoms with E-state index < -0.39 is 0 Å². The monoisotopic (exact) mass is 282 g/mol. The Bertz CT molecular complexity index is 431. The number of aromatic nitrogens is 1. The van der Waals surface area contributed by atoms with Gasteiger partial charge >= 0.3 is 0 Å². The first kappa shape index (κ1) is 12.8. The zero-order chi connectivity index (χ0) is 13.2. The van der Waals surface area contributed by atoms with Gasteiger partial charge in [0.05, 0.1) is 19.1 Å². The summed E-state index contributed by atoms with van der Waals surface area (Å²) in [6, 6.07) is -0.149. The van der Waals surface area contributed by atoms with Crippen LogP contribution in [0.15, 0.2) is 11.6 Å². The standard InChI is InChI=1S/C12H18N4O2S/c13-10-8-18-7-9(10)11(17)15-2-4-16(5-3-15)12-14-1-6-19-12/h1,6,9-10H,2-5,7-8,13H2. The number of piperazine rings is 1. The molecule has 6 nitrogen and oxygen atoms in total. The van der Waals surface area contributed by atoms with Crippen molar-refractivity contribution in [3.8, 4) is 0 Å². The summed E-state index contributed by atoms with van der Waals surface area (Å²) in [6.07, 6.45) is 1.81. The highest BCUT2D eigenvalue weighted by Gasteiger charge is 2.35. The van der Waals surface area contributed by atoms with Crippen molar-refractivity contribution >= 4 is 22.4 Å². The third kappa shape index (κ3) is 2.58. The second-order valence-electron chi connectivity index (χ2n) is 4.93. The van der Waals surface area contributed by atoms with Gasteiger partial charge in [-0.2, -0.15) is 0 Å². The highest BCUT2D eigenvalue weighted by Crippen LogP contribution is 2.21. The molecule has 1 amide bonds. The molecule has 19 heavy (non-hydrogen) atoms. The molecule has 1 aromatic heterocycles. The zero-order valence-corrected chi connectivity index (χ0v) is 11.5. The molecule has 2 N–H and O–H groups in total. The van der Waals surface area contributed by atoms with E-state index in [1.807, 2.05) is 16.5 Å². The van der Waals surface area contributed by atoms with Crippen molar-refractivity contribution in [2.24, 2.45) is 11.7 Å². The van der Waals surface area contributed by atoms with Gasteiger partial charge in [-0.05, 0) is 0 Å². The SMILES string of the molecule is NC1COCC1C(=O)N1CCN(c2nccs2)CC1.